The zero-order chi connectivity index (χ0) is 16.2. The van der Waals surface area contributed by atoms with Crippen LogP contribution in [0.25, 0.3) is 10.9 Å². The van der Waals surface area contributed by atoms with E-state index in [1.165, 1.54) is 0 Å². The number of amides is 1. The van der Waals surface area contributed by atoms with E-state index in [9.17, 15) is 4.79 Å². The minimum Gasteiger partial charge on any atom is -0.325 e. The summed E-state index contributed by atoms with van der Waals surface area (Å²) >= 11 is 0. The van der Waals surface area contributed by atoms with E-state index in [0.29, 0.717) is 0 Å². The van der Waals surface area contributed by atoms with E-state index < -0.39 is 0 Å². The lowest BCUT2D eigenvalue weighted by Crippen LogP contribution is -2.20. The fraction of sp³-hybridized carbons (Fsp3) is 0.200. The molecule has 3 heteroatoms. The number of benzene rings is 2. The Morgan fingerprint density at radius 1 is 1.04 bits per heavy atom. The van der Waals surface area contributed by atoms with Gasteiger partial charge >= 0.3 is 0 Å². The van der Waals surface area contributed by atoms with Gasteiger partial charge in [0.15, 0.2) is 0 Å². The lowest BCUT2D eigenvalue weighted by molar-refractivity contribution is -0.117. The molecule has 0 spiro atoms. The topological polar surface area (TPSA) is 42.0 Å². The Morgan fingerprint density at radius 2 is 1.83 bits per heavy atom. The van der Waals surface area contributed by atoms with Crippen LogP contribution in [0.3, 0.4) is 0 Å². The fourth-order valence-corrected chi connectivity index (χ4v) is 2.84. The molecule has 0 unspecified atom stereocenters. The van der Waals surface area contributed by atoms with Gasteiger partial charge in [0.2, 0.25) is 5.91 Å². The van der Waals surface area contributed by atoms with E-state index in [4.69, 9.17) is 0 Å². The molecule has 0 aliphatic carbocycles. The van der Waals surface area contributed by atoms with Gasteiger partial charge in [0.25, 0.3) is 0 Å². The second-order valence-corrected chi connectivity index (χ2v) is 5.69. The van der Waals surface area contributed by atoms with Gasteiger partial charge in [0, 0.05) is 11.1 Å². The Labute approximate surface area is 136 Å². The van der Waals surface area contributed by atoms with Crippen molar-refractivity contribution in [1.29, 1.82) is 0 Å². The van der Waals surface area contributed by atoms with Gasteiger partial charge in [-0.05, 0) is 43.2 Å². The van der Waals surface area contributed by atoms with Crippen LogP contribution in [0.1, 0.15) is 30.5 Å². The Balaban J connectivity index is 1.91. The number of fused-ring (bicyclic) bond motifs is 1. The molecule has 1 atom stereocenters. The van der Waals surface area contributed by atoms with Gasteiger partial charge < -0.3 is 5.32 Å². The van der Waals surface area contributed by atoms with E-state index >= 15 is 0 Å². The number of nitrogens with one attached hydrogen (secondary N) is 1. The summed E-state index contributed by atoms with van der Waals surface area (Å²) in [5.41, 5.74) is 3.73. The van der Waals surface area contributed by atoms with Crippen molar-refractivity contribution in [2.24, 2.45) is 0 Å². The first kappa shape index (κ1) is 15.2. The highest BCUT2D eigenvalue weighted by Crippen LogP contribution is 2.26. The van der Waals surface area contributed by atoms with Crippen molar-refractivity contribution in [3.05, 3.63) is 71.9 Å². The molecule has 0 aliphatic heterocycles. The maximum Gasteiger partial charge on any atom is 0.231 e. The second kappa shape index (κ2) is 6.61. The van der Waals surface area contributed by atoms with Crippen LogP contribution < -0.4 is 5.32 Å². The molecular formula is C20H20N2O. The molecule has 0 fully saturated rings. The standard InChI is InChI=1S/C20H20N2O/c1-3-16(15-8-5-4-6-9-15)20(23)22-19-11-7-10-18-17(19)13-12-14(2)21-18/h4-13,16H,3H2,1-2H3,(H,22,23)/t16-/m1/s1. The summed E-state index contributed by atoms with van der Waals surface area (Å²) in [5, 5.41) is 4.04. The third-order valence-corrected chi connectivity index (χ3v) is 4.06. The van der Waals surface area contributed by atoms with Gasteiger partial charge in [-0.25, -0.2) is 0 Å². The third-order valence-electron chi connectivity index (χ3n) is 4.06. The van der Waals surface area contributed by atoms with Crippen molar-refractivity contribution in [1.82, 2.24) is 4.98 Å². The largest absolute Gasteiger partial charge is 0.325 e. The van der Waals surface area contributed by atoms with Crippen molar-refractivity contribution < 1.29 is 4.79 Å². The maximum absolute atomic E-state index is 12.7. The summed E-state index contributed by atoms with van der Waals surface area (Å²) in [6.45, 7) is 4.00. The molecule has 3 nitrogen and oxygen atoms in total. The number of hydrogen-bond acceptors (Lipinski definition) is 2. The molecule has 0 aliphatic rings. The molecule has 0 radical (unpaired) electrons. The average molecular weight is 304 g/mol. The molecule has 3 aromatic rings. The van der Waals surface area contributed by atoms with Crippen molar-refractivity contribution in [3.8, 4) is 0 Å². The monoisotopic (exact) mass is 304 g/mol. The first-order valence-corrected chi connectivity index (χ1v) is 7.91. The summed E-state index contributed by atoms with van der Waals surface area (Å²) in [5.74, 6) is -0.128. The number of aryl methyl sites for hydroxylation is 1. The zero-order valence-corrected chi connectivity index (χ0v) is 13.4. The summed E-state index contributed by atoms with van der Waals surface area (Å²) < 4.78 is 0. The number of rotatable bonds is 4. The number of nitrogens with zero attached hydrogens (tertiary/aromatic N) is 1. The van der Waals surface area contributed by atoms with Gasteiger partial charge in [-0.1, -0.05) is 43.3 Å². The van der Waals surface area contributed by atoms with Crippen LogP contribution in [0.15, 0.2) is 60.7 Å². The summed E-state index contributed by atoms with van der Waals surface area (Å²) in [6.07, 6.45) is 0.762. The van der Waals surface area contributed by atoms with Crippen molar-refractivity contribution in [2.75, 3.05) is 5.32 Å². The highest BCUT2D eigenvalue weighted by Gasteiger charge is 2.19. The van der Waals surface area contributed by atoms with Crippen LogP contribution in [0, 0.1) is 6.92 Å². The lowest BCUT2D eigenvalue weighted by atomic mass is 9.95. The first-order chi connectivity index (χ1) is 11.2. The quantitative estimate of drug-likeness (QED) is 0.760. The van der Waals surface area contributed by atoms with E-state index in [-0.39, 0.29) is 11.8 Å². The molecule has 1 N–H and O–H groups in total. The molecule has 1 amide bonds. The Bertz CT molecular complexity index is 827. The normalized spacial score (nSPS) is 12.1. The predicted octanol–water partition coefficient (Wildman–Crippen LogP) is 4.68. The molecule has 23 heavy (non-hydrogen) atoms. The third kappa shape index (κ3) is 3.24. The maximum atomic E-state index is 12.7. The molecule has 0 saturated carbocycles. The van der Waals surface area contributed by atoms with Crippen molar-refractivity contribution >= 4 is 22.5 Å². The van der Waals surface area contributed by atoms with Crippen LogP contribution in [0.4, 0.5) is 5.69 Å². The number of aromatic nitrogens is 1. The average Bonchev–Trinajstić information content (AvgIpc) is 2.56. The second-order valence-electron chi connectivity index (χ2n) is 5.69. The molecule has 0 bridgehead atoms. The van der Waals surface area contributed by atoms with Crippen molar-refractivity contribution in [2.45, 2.75) is 26.2 Å². The van der Waals surface area contributed by atoms with E-state index in [1.807, 2.05) is 74.5 Å². The Kier molecular flexibility index (Phi) is 4.38. The zero-order valence-electron chi connectivity index (χ0n) is 13.4. The van der Waals surface area contributed by atoms with Crippen LogP contribution in [0.5, 0.6) is 0 Å². The van der Waals surface area contributed by atoms with Crippen LogP contribution >= 0.6 is 0 Å². The van der Waals surface area contributed by atoms with E-state index in [0.717, 1.165) is 34.3 Å². The Hall–Kier alpha value is -2.68. The summed E-state index contributed by atoms with van der Waals surface area (Å²) in [6, 6.07) is 19.7. The molecule has 1 aromatic heterocycles. The predicted molar refractivity (Wildman–Crippen MR) is 94.6 cm³/mol. The van der Waals surface area contributed by atoms with Crippen molar-refractivity contribution in [3.63, 3.8) is 0 Å². The number of anilines is 1. The van der Waals surface area contributed by atoms with E-state index in [2.05, 4.69) is 10.3 Å². The molecule has 116 valence electrons. The lowest BCUT2D eigenvalue weighted by Gasteiger charge is -2.16. The van der Waals surface area contributed by atoms with E-state index in [1.54, 1.807) is 0 Å². The first-order valence-electron chi connectivity index (χ1n) is 7.91. The highest BCUT2D eigenvalue weighted by molar-refractivity contribution is 6.03. The minimum atomic E-state index is -0.148. The number of pyridine rings is 1. The van der Waals surface area contributed by atoms with Crippen LogP contribution in [-0.2, 0) is 4.79 Å². The van der Waals surface area contributed by atoms with Gasteiger partial charge in [-0.15, -0.1) is 0 Å². The van der Waals surface area contributed by atoms with Crippen LogP contribution in [-0.4, -0.2) is 10.9 Å². The molecule has 1 heterocycles. The van der Waals surface area contributed by atoms with Gasteiger partial charge in [-0.2, -0.15) is 0 Å². The van der Waals surface area contributed by atoms with Crippen LogP contribution in [0.2, 0.25) is 0 Å². The fourth-order valence-electron chi connectivity index (χ4n) is 2.84. The number of carbonyl (C=O) groups excluding carboxylic acids is 1. The van der Waals surface area contributed by atoms with Gasteiger partial charge in [0.05, 0.1) is 17.1 Å². The Morgan fingerprint density at radius 3 is 2.57 bits per heavy atom. The minimum absolute atomic E-state index is 0.0202. The number of hydrogen-bond donors (Lipinski definition) is 1. The van der Waals surface area contributed by atoms with Gasteiger partial charge in [-0.3, -0.25) is 9.78 Å². The molecule has 0 saturated heterocycles. The highest BCUT2D eigenvalue weighted by atomic mass is 16.1. The number of carbonyl (C=O) groups is 1. The summed E-state index contributed by atoms with van der Waals surface area (Å²) in [4.78, 5) is 17.2. The van der Waals surface area contributed by atoms with Gasteiger partial charge in [0.1, 0.15) is 0 Å². The molecular weight excluding hydrogens is 284 g/mol. The SMILES string of the molecule is CC[C@@H](C(=O)Nc1cccc2nc(C)ccc12)c1ccccc1. The molecule has 2 aromatic carbocycles. The summed E-state index contributed by atoms with van der Waals surface area (Å²) in [7, 11) is 0. The smallest absolute Gasteiger partial charge is 0.231 e. The molecule has 3 rings (SSSR count).